The number of carboxylic acid groups (broad SMARTS) is 1. The van der Waals surface area contributed by atoms with Gasteiger partial charge >= 0.3 is 6.09 Å². The van der Waals surface area contributed by atoms with E-state index in [4.69, 9.17) is 0 Å². The van der Waals surface area contributed by atoms with E-state index in [1.54, 1.807) is 6.20 Å². The Morgan fingerprint density at radius 2 is 2.08 bits per heavy atom. The molecule has 6 nitrogen and oxygen atoms in total. The summed E-state index contributed by atoms with van der Waals surface area (Å²) >= 11 is 3.42. The zero-order valence-corrected chi connectivity index (χ0v) is 16.5. The van der Waals surface area contributed by atoms with Gasteiger partial charge in [-0.1, -0.05) is 48.8 Å². The van der Waals surface area contributed by atoms with Crippen molar-refractivity contribution in [1.29, 1.82) is 5.26 Å². The molecule has 1 aromatic heterocycles. The number of H-pyrrole nitrogens is 1. The van der Waals surface area contributed by atoms with Gasteiger partial charge < -0.3 is 10.1 Å². The lowest BCUT2D eigenvalue weighted by atomic mass is 9.70. The predicted molar refractivity (Wildman–Crippen MR) is 101 cm³/mol. The third-order valence-corrected chi connectivity index (χ3v) is 5.71. The number of nitrogens with one attached hydrogen (secondary N) is 1. The summed E-state index contributed by atoms with van der Waals surface area (Å²) in [5, 5.41) is 19.2. The van der Waals surface area contributed by atoms with Crippen LogP contribution in [-0.4, -0.2) is 32.6 Å². The van der Waals surface area contributed by atoms with Gasteiger partial charge in [-0.25, -0.2) is 9.78 Å². The molecule has 1 saturated heterocycles. The third kappa shape index (κ3) is 2.88. The molecule has 2 atom stereocenters. The minimum absolute atomic E-state index is 0.192. The fraction of sp³-hybridized carbons (Fsp3) is 0.421. The van der Waals surface area contributed by atoms with Crippen LogP contribution in [0, 0.1) is 22.7 Å². The second-order valence-electron chi connectivity index (χ2n) is 7.69. The van der Waals surface area contributed by atoms with Gasteiger partial charge in [-0.15, -0.1) is 0 Å². The molecule has 2 heterocycles. The molecule has 1 aliphatic rings. The SMILES string of the molecule is CC(C)(C)C1(c2ncc(-c3ccc(Br)cc3)[nH]2)CC(C#N)CN1C(=O)O. The zero-order chi connectivity index (χ0) is 19.1. The molecule has 26 heavy (non-hydrogen) atoms. The molecular formula is C19H21BrN4O2. The molecule has 136 valence electrons. The zero-order valence-electron chi connectivity index (χ0n) is 15.0. The molecule has 1 aromatic carbocycles. The molecule has 7 heteroatoms. The van der Waals surface area contributed by atoms with Crippen LogP contribution in [-0.2, 0) is 5.54 Å². The highest BCUT2D eigenvalue weighted by atomic mass is 79.9. The number of carbonyl (C=O) groups is 1. The number of rotatable bonds is 2. The number of hydrogen-bond acceptors (Lipinski definition) is 3. The number of aromatic nitrogens is 2. The van der Waals surface area contributed by atoms with Crippen LogP contribution < -0.4 is 0 Å². The van der Waals surface area contributed by atoms with E-state index in [2.05, 4.69) is 32.0 Å². The van der Waals surface area contributed by atoms with Crippen molar-refractivity contribution in [3.8, 4) is 17.3 Å². The highest BCUT2D eigenvalue weighted by Crippen LogP contribution is 2.52. The van der Waals surface area contributed by atoms with Gasteiger partial charge in [-0.2, -0.15) is 5.26 Å². The first-order valence-electron chi connectivity index (χ1n) is 8.40. The predicted octanol–water partition coefficient (Wildman–Crippen LogP) is 4.60. The van der Waals surface area contributed by atoms with E-state index >= 15 is 0 Å². The van der Waals surface area contributed by atoms with Gasteiger partial charge in [0.25, 0.3) is 0 Å². The highest BCUT2D eigenvalue weighted by Gasteiger charge is 2.58. The summed E-state index contributed by atoms with van der Waals surface area (Å²) in [6, 6.07) is 10.1. The average Bonchev–Trinajstić information content (AvgIpc) is 3.20. The molecule has 2 unspecified atom stereocenters. The van der Waals surface area contributed by atoms with Crippen molar-refractivity contribution in [2.24, 2.45) is 11.3 Å². The molecular weight excluding hydrogens is 396 g/mol. The maximum absolute atomic E-state index is 12.0. The molecule has 2 N–H and O–H groups in total. The number of hydrogen-bond donors (Lipinski definition) is 2. The number of imidazole rings is 1. The van der Waals surface area contributed by atoms with Gasteiger partial charge in [0.2, 0.25) is 0 Å². The van der Waals surface area contributed by atoms with Crippen LogP contribution in [0.5, 0.6) is 0 Å². The quantitative estimate of drug-likeness (QED) is 0.747. The van der Waals surface area contributed by atoms with Gasteiger partial charge in [-0.05, 0) is 29.5 Å². The standard InChI is InChI=1S/C19H21BrN4O2/c1-18(2,3)19(8-12(9-21)11-24(19)17(25)26)16-22-10-15(23-16)13-4-6-14(20)7-5-13/h4-7,10,12H,8,11H2,1-3H3,(H,22,23)(H,25,26). The van der Waals surface area contributed by atoms with Crippen LogP contribution in [0.25, 0.3) is 11.3 Å². The van der Waals surface area contributed by atoms with E-state index in [1.807, 2.05) is 45.0 Å². The fourth-order valence-corrected chi connectivity index (χ4v) is 4.10. The van der Waals surface area contributed by atoms with Crippen LogP contribution in [0.4, 0.5) is 4.79 Å². The van der Waals surface area contributed by atoms with Gasteiger partial charge in [0.15, 0.2) is 0 Å². The highest BCUT2D eigenvalue weighted by molar-refractivity contribution is 9.10. The minimum Gasteiger partial charge on any atom is -0.465 e. The maximum atomic E-state index is 12.0. The first-order valence-corrected chi connectivity index (χ1v) is 9.20. The lowest BCUT2D eigenvalue weighted by molar-refractivity contribution is 0.0216. The summed E-state index contributed by atoms with van der Waals surface area (Å²) in [5.41, 5.74) is 0.466. The first kappa shape index (κ1) is 18.5. The summed E-state index contributed by atoms with van der Waals surface area (Å²) in [6.45, 7) is 6.16. The van der Waals surface area contributed by atoms with Crippen LogP contribution >= 0.6 is 15.9 Å². The summed E-state index contributed by atoms with van der Waals surface area (Å²) in [7, 11) is 0. The second kappa shape index (κ2) is 6.44. The number of halogens is 1. The van der Waals surface area contributed by atoms with Crippen molar-refractivity contribution in [1.82, 2.24) is 14.9 Å². The first-order chi connectivity index (χ1) is 12.2. The summed E-state index contributed by atoms with van der Waals surface area (Å²) in [4.78, 5) is 21.2. The number of nitriles is 1. The smallest absolute Gasteiger partial charge is 0.408 e. The Morgan fingerprint density at radius 1 is 1.42 bits per heavy atom. The Hall–Kier alpha value is -2.33. The Morgan fingerprint density at radius 3 is 2.62 bits per heavy atom. The van der Waals surface area contributed by atoms with Crippen molar-refractivity contribution >= 4 is 22.0 Å². The topological polar surface area (TPSA) is 93.0 Å². The summed E-state index contributed by atoms with van der Waals surface area (Å²) in [6.07, 6.45) is 1.12. The summed E-state index contributed by atoms with van der Waals surface area (Å²) in [5.74, 6) is 0.231. The van der Waals surface area contributed by atoms with E-state index in [-0.39, 0.29) is 12.5 Å². The normalized spacial score (nSPS) is 23.0. The lowest BCUT2D eigenvalue weighted by Gasteiger charge is -2.45. The third-order valence-electron chi connectivity index (χ3n) is 5.18. The fourth-order valence-electron chi connectivity index (χ4n) is 3.83. The van der Waals surface area contributed by atoms with E-state index in [0.717, 1.165) is 15.7 Å². The van der Waals surface area contributed by atoms with Crippen molar-refractivity contribution in [2.45, 2.75) is 32.7 Å². The molecule has 1 fully saturated rings. The molecule has 3 rings (SSSR count). The minimum atomic E-state index is -1.03. The molecule has 0 saturated carbocycles. The molecule has 0 radical (unpaired) electrons. The van der Waals surface area contributed by atoms with Gasteiger partial charge in [0.1, 0.15) is 11.4 Å². The van der Waals surface area contributed by atoms with Crippen molar-refractivity contribution in [2.75, 3.05) is 6.54 Å². The molecule has 0 bridgehead atoms. The molecule has 2 aromatic rings. The second-order valence-corrected chi connectivity index (χ2v) is 8.60. The van der Waals surface area contributed by atoms with E-state index in [1.165, 1.54) is 4.90 Å². The van der Waals surface area contributed by atoms with Gasteiger partial charge in [0, 0.05) is 11.0 Å². The Bertz CT molecular complexity index is 863. The van der Waals surface area contributed by atoms with Crippen molar-refractivity contribution in [3.05, 3.63) is 40.8 Å². The Balaban J connectivity index is 2.12. The molecule has 0 spiro atoms. The number of likely N-dealkylation sites (tertiary alicyclic amines) is 1. The number of amides is 1. The number of nitrogens with zero attached hydrogens (tertiary/aromatic N) is 3. The Kier molecular flexibility index (Phi) is 4.57. The maximum Gasteiger partial charge on any atom is 0.408 e. The van der Waals surface area contributed by atoms with E-state index in [9.17, 15) is 15.2 Å². The van der Waals surface area contributed by atoms with Gasteiger partial charge in [0.05, 0.1) is 23.9 Å². The largest absolute Gasteiger partial charge is 0.465 e. The van der Waals surface area contributed by atoms with Crippen LogP contribution in [0.1, 0.15) is 33.0 Å². The average molecular weight is 417 g/mol. The van der Waals surface area contributed by atoms with Gasteiger partial charge in [-0.3, -0.25) is 4.90 Å². The molecule has 1 aliphatic heterocycles. The van der Waals surface area contributed by atoms with Crippen LogP contribution in [0.3, 0.4) is 0 Å². The number of benzene rings is 1. The van der Waals surface area contributed by atoms with Crippen molar-refractivity contribution < 1.29 is 9.90 Å². The van der Waals surface area contributed by atoms with Crippen molar-refractivity contribution in [3.63, 3.8) is 0 Å². The van der Waals surface area contributed by atoms with Crippen LogP contribution in [0.2, 0.25) is 0 Å². The lowest BCUT2D eigenvalue weighted by Crippen LogP contribution is -2.53. The monoisotopic (exact) mass is 416 g/mol. The molecule has 1 amide bonds. The number of aromatic amines is 1. The Labute approximate surface area is 161 Å². The van der Waals surface area contributed by atoms with Crippen LogP contribution in [0.15, 0.2) is 34.9 Å². The van der Waals surface area contributed by atoms with E-state index < -0.39 is 17.0 Å². The molecule has 0 aliphatic carbocycles. The summed E-state index contributed by atoms with van der Waals surface area (Å²) < 4.78 is 0.983. The van der Waals surface area contributed by atoms with E-state index in [0.29, 0.717) is 12.2 Å².